The third-order valence-corrected chi connectivity index (χ3v) is 2.11. The smallest absolute Gasteiger partial charge is 0.244 e. The van der Waals surface area contributed by atoms with Gasteiger partial charge in [0.05, 0.1) is 22.9 Å². The Morgan fingerprint density at radius 3 is 2.70 bits per heavy atom. The van der Waals surface area contributed by atoms with Crippen molar-refractivity contribution in [3.8, 4) is 0 Å². The summed E-state index contributed by atoms with van der Waals surface area (Å²) in [4.78, 5) is 10.7. The first-order chi connectivity index (χ1) is 4.72. The summed E-state index contributed by atoms with van der Waals surface area (Å²) in [5, 5.41) is 0. The summed E-state index contributed by atoms with van der Waals surface area (Å²) in [5.74, 6) is -0.324. The van der Waals surface area contributed by atoms with Gasteiger partial charge in [0.25, 0.3) is 0 Å². The highest BCUT2D eigenvalue weighted by Crippen LogP contribution is 2.12. The van der Waals surface area contributed by atoms with E-state index in [4.69, 9.17) is 5.73 Å². The minimum atomic E-state index is -0.324. The standard InChI is InChI=1S/C6H7IN2O/c7-9-4-2-1-3-5(9)6(8)10/h1-5H,(H2,8,10). The molecule has 0 aliphatic carbocycles. The van der Waals surface area contributed by atoms with E-state index in [0.29, 0.717) is 0 Å². The second-order valence-electron chi connectivity index (χ2n) is 1.92. The van der Waals surface area contributed by atoms with Gasteiger partial charge in [-0.1, -0.05) is 12.2 Å². The minimum Gasteiger partial charge on any atom is -0.368 e. The molecule has 0 radical (unpaired) electrons. The third-order valence-electron chi connectivity index (χ3n) is 1.19. The predicted molar refractivity (Wildman–Crippen MR) is 47.1 cm³/mol. The van der Waals surface area contributed by atoms with Crippen LogP contribution in [-0.2, 0) is 4.79 Å². The van der Waals surface area contributed by atoms with Crippen molar-refractivity contribution < 1.29 is 4.79 Å². The fourth-order valence-electron chi connectivity index (χ4n) is 0.693. The van der Waals surface area contributed by atoms with Crippen LogP contribution < -0.4 is 5.73 Å². The van der Waals surface area contributed by atoms with Crippen LogP contribution in [0.25, 0.3) is 0 Å². The summed E-state index contributed by atoms with van der Waals surface area (Å²) in [6.07, 6.45) is 7.22. The molecule has 3 nitrogen and oxygen atoms in total. The molecule has 0 aromatic carbocycles. The van der Waals surface area contributed by atoms with Crippen LogP contribution in [0.15, 0.2) is 24.4 Å². The molecule has 1 aliphatic rings. The van der Waals surface area contributed by atoms with Gasteiger partial charge < -0.3 is 8.85 Å². The maximum atomic E-state index is 10.7. The second-order valence-corrected chi connectivity index (χ2v) is 3.03. The Bertz CT molecular complexity index is 200. The number of halogens is 1. The predicted octanol–water partition coefficient (Wildman–Crippen LogP) is 0.576. The molecule has 1 atom stereocenters. The minimum absolute atomic E-state index is 0.286. The van der Waals surface area contributed by atoms with E-state index in [1.165, 1.54) is 0 Å². The van der Waals surface area contributed by atoms with Gasteiger partial charge >= 0.3 is 0 Å². The van der Waals surface area contributed by atoms with Crippen molar-refractivity contribution in [3.63, 3.8) is 0 Å². The number of nitrogens with zero attached hydrogens (tertiary/aromatic N) is 1. The molecule has 0 bridgehead atoms. The number of hydrogen-bond donors (Lipinski definition) is 1. The Balaban J connectivity index is 2.70. The highest BCUT2D eigenvalue weighted by Gasteiger charge is 2.16. The van der Waals surface area contributed by atoms with Crippen LogP contribution in [0.4, 0.5) is 0 Å². The van der Waals surface area contributed by atoms with E-state index >= 15 is 0 Å². The molecule has 2 N–H and O–H groups in total. The molecule has 0 spiro atoms. The van der Waals surface area contributed by atoms with Crippen LogP contribution >= 0.6 is 22.9 Å². The molecule has 1 heterocycles. The maximum Gasteiger partial charge on any atom is 0.244 e. The lowest BCUT2D eigenvalue weighted by Gasteiger charge is -2.19. The van der Waals surface area contributed by atoms with Gasteiger partial charge in [-0.25, -0.2) is 0 Å². The number of allylic oxidation sites excluding steroid dienone is 2. The van der Waals surface area contributed by atoms with Crippen molar-refractivity contribution in [1.82, 2.24) is 3.11 Å². The van der Waals surface area contributed by atoms with Gasteiger partial charge in [0.2, 0.25) is 5.91 Å². The number of rotatable bonds is 1. The average molecular weight is 250 g/mol. The fourth-order valence-corrected chi connectivity index (χ4v) is 1.34. The SMILES string of the molecule is NC(=O)C1C=CC=CN1I. The summed E-state index contributed by atoms with van der Waals surface area (Å²) in [6, 6.07) is -0.286. The Labute approximate surface area is 73.1 Å². The van der Waals surface area contributed by atoms with Gasteiger partial charge in [-0.15, -0.1) is 0 Å². The van der Waals surface area contributed by atoms with E-state index in [0.717, 1.165) is 0 Å². The fraction of sp³-hybridized carbons (Fsp3) is 0.167. The van der Waals surface area contributed by atoms with Crippen LogP contribution in [0.2, 0.25) is 0 Å². The average Bonchev–Trinajstić information content (AvgIpc) is 1.88. The second kappa shape index (κ2) is 3.05. The quantitative estimate of drug-likeness (QED) is 0.546. The van der Waals surface area contributed by atoms with Crippen LogP contribution in [0, 0.1) is 0 Å². The van der Waals surface area contributed by atoms with Gasteiger partial charge in [-0.3, -0.25) is 4.79 Å². The largest absolute Gasteiger partial charge is 0.368 e. The zero-order chi connectivity index (χ0) is 7.56. The molecule has 0 aromatic rings. The van der Waals surface area contributed by atoms with Gasteiger partial charge in [0.15, 0.2) is 0 Å². The number of hydrogen-bond acceptors (Lipinski definition) is 2. The lowest BCUT2D eigenvalue weighted by Crippen LogP contribution is -2.36. The van der Waals surface area contributed by atoms with Gasteiger partial charge in [-0.2, -0.15) is 0 Å². The molecular weight excluding hydrogens is 243 g/mol. The Hall–Kier alpha value is -0.520. The molecule has 10 heavy (non-hydrogen) atoms. The number of carbonyl (C=O) groups is 1. The summed E-state index contributed by atoms with van der Waals surface area (Å²) in [5.41, 5.74) is 5.09. The van der Waals surface area contributed by atoms with E-state index in [2.05, 4.69) is 0 Å². The summed E-state index contributed by atoms with van der Waals surface area (Å²) >= 11 is 2.03. The molecule has 0 saturated carbocycles. The van der Waals surface area contributed by atoms with E-state index < -0.39 is 0 Å². The van der Waals surface area contributed by atoms with E-state index in [1.54, 1.807) is 15.4 Å². The number of amides is 1. The molecule has 1 rings (SSSR count). The van der Waals surface area contributed by atoms with Crippen LogP contribution in [0.1, 0.15) is 0 Å². The molecule has 0 fully saturated rings. The third kappa shape index (κ3) is 1.50. The van der Waals surface area contributed by atoms with E-state index in [9.17, 15) is 4.79 Å². The van der Waals surface area contributed by atoms with Crippen LogP contribution in [0.3, 0.4) is 0 Å². The molecule has 54 valence electrons. The zero-order valence-electron chi connectivity index (χ0n) is 5.20. The monoisotopic (exact) mass is 250 g/mol. The first kappa shape index (κ1) is 7.59. The topological polar surface area (TPSA) is 46.3 Å². The molecule has 4 heteroatoms. The zero-order valence-corrected chi connectivity index (χ0v) is 7.36. The van der Waals surface area contributed by atoms with Crippen molar-refractivity contribution in [2.75, 3.05) is 0 Å². The number of nitrogens with two attached hydrogens (primary N) is 1. The van der Waals surface area contributed by atoms with Gasteiger partial charge in [0, 0.05) is 6.20 Å². The molecule has 0 aromatic heterocycles. The van der Waals surface area contributed by atoms with E-state index in [1.807, 2.05) is 35.0 Å². The first-order valence-electron chi connectivity index (χ1n) is 2.80. The number of primary amides is 1. The van der Waals surface area contributed by atoms with Crippen molar-refractivity contribution in [1.29, 1.82) is 0 Å². The lowest BCUT2D eigenvalue weighted by molar-refractivity contribution is -0.119. The van der Waals surface area contributed by atoms with Crippen LogP contribution in [0.5, 0.6) is 0 Å². The molecule has 1 amide bonds. The molecule has 1 unspecified atom stereocenters. The Morgan fingerprint density at radius 2 is 2.30 bits per heavy atom. The summed E-state index contributed by atoms with van der Waals surface area (Å²) in [7, 11) is 0. The van der Waals surface area contributed by atoms with Crippen molar-refractivity contribution in [2.24, 2.45) is 5.73 Å². The molecule has 0 saturated heterocycles. The Morgan fingerprint density at radius 1 is 1.60 bits per heavy atom. The highest BCUT2D eigenvalue weighted by molar-refractivity contribution is 14.1. The van der Waals surface area contributed by atoms with E-state index in [-0.39, 0.29) is 11.9 Å². The molecular formula is C6H7IN2O. The highest BCUT2D eigenvalue weighted by atomic mass is 127. The molecule has 1 aliphatic heterocycles. The number of carbonyl (C=O) groups excluding carboxylic acids is 1. The summed E-state index contributed by atoms with van der Waals surface area (Å²) in [6.45, 7) is 0. The van der Waals surface area contributed by atoms with Crippen molar-refractivity contribution >= 4 is 28.8 Å². The van der Waals surface area contributed by atoms with Crippen molar-refractivity contribution in [2.45, 2.75) is 6.04 Å². The summed E-state index contributed by atoms with van der Waals surface area (Å²) < 4.78 is 1.74. The Kier molecular flexibility index (Phi) is 2.31. The van der Waals surface area contributed by atoms with Gasteiger partial charge in [0.1, 0.15) is 6.04 Å². The first-order valence-corrected chi connectivity index (χ1v) is 3.77. The maximum absolute atomic E-state index is 10.7. The van der Waals surface area contributed by atoms with Crippen molar-refractivity contribution in [3.05, 3.63) is 24.4 Å². The van der Waals surface area contributed by atoms with Crippen LogP contribution in [-0.4, -0.2) is 15.1 Å². The van der Waals surface area contributed by atoms with Gasteiger partial charge in [-0.05, 0) is 6.08 Å². The normalized spacial score (nSPS) is 23.3. The lowest BCUT2D eigenvalue weighted by atomic mass is 10.2.